The van der Waals surface area contributed by atoms with Gasteiger partial charge in [0, 0.05) is 6.54 Å². The molecule has 0 bridgehead atoms. The highest BCUT2D eigenvalue weighted by Crippen LogP contribution is 2.17. The molecule has 3 unspecified atom stereocenters. The van der Waals surface area contributed by atoms with Crippen molar-refractivity contribution in [2.45, 2.75) is 38.8 Å². The summed E-state index contributed by atoms with van der Waals surface area (Å²) in [7, 11) is 0. The number of aliphatic hydroxyl groups is 1. The first kappa shape index (κ1) is 15.7. The molecular weight excluding hydrogens is 240 g/mol. The van der Waals surface area contributed by atoms with Gasteiger partial charge in [0.05, 0.1) is 6.10 Å². The number of nitrogens with two attached hydrogens (primary N) is 1. The maximum Gasteiger partial charge on any atom is 0.244 e. The van der Waals surface area contributed by atoms with Gasteiger partial charge in [-0.2, -0.15) is 0 Å². The molecule has 0 aliphatic rings. The van der Waals surface area contributed by atoms with Crippen LogP contribution in [0.1, 0.15) is 32.8 Å². The molecule has 106 valence electrons. The van der Waals surface area contributed by atoms with Crippen LogP contribution in [0.3, 0.4) is 0 Å². The fraction of sp³-hybridized carbons (Fsp3) is 0.533. The maximum atomic E-state index is 12.1. The average Bonchev–Trinajstić information content (AvgIpc) is 2.44. The normalized spacial score (nSPS) is 17.3. The van der Waals surface area contributed by atoms with Gasteiger partial charge < -0.3 is 16.2 Å². The Morgan fingerprint density at radius 1 is 1.42 bits per heavy atom. The summed E-state index contributed by atoms with van der Waals surface area (Å²) < 4.78 is 0. The minimum Gasteiger partial charge on any atom is -0.391 e. The molecule has 1 amide bonds. The minimum absolute atomic E-state index is 0.154. The van der Waals surface area contributed by atoms with E-state index in [2.05, 4.69) is 5.32 Å². The number of hydrogen-bond acceptors (Lipinski definition) is 3. The Labute approximate surface area is 115 Å². The van der Waals surface area contributed by atoms with Gasteiger partial charge in [0.2, 0.25) is 5.91 Å². The molecule has 0 spiro atoms. The average molecular weight is 264 g/mol. The zero-order valence-corrected chi connectivity index (χ0v) is 11.9. The molecule has 1 aromatic carbocycles. The van der Waals surface area contributed by atoms with Crippen molar-refractivity contribution >= 4 is 5.91 Å². The van der Waals surface area contributed by atoms with Gasteiger partial charge in [-0.25, -0.2) is 0 Å². The largest absolute Gasteiger partial charge is 0.391 e. The third kappa shape index (κ3) is 4.04. The van der Waals surface area contributed by atoms with Gasteiger partial charge in [-0.3, -0.25) is 4.79 Å². The summed E-state index contributed by atoms with van der Waals surface area (Å²) in [6.07, 6.45) is 0.329. The summed E-state index contributed by atoms with van der Waals surface area (Å²) in [5.74, 6) is -0.123. The van der Waals surface area contributed by atoms with Gasteiger partial charge in [-0.15, -0.1) is 0 Å². The summed E-state index contributed by atoms with van der Waals surface area (Å²) in [6.45, 7) is 5.86. The lowest BCUT2D eigenvalue weighted by Gasteiger charge is -2.26. The van der Waals surface area contributed by atoms with Crippen molar-refractivity contribution in [1.82, 2.24) is 5.32 Å². The van der Waals surface area contributed by atoms with Gasteiger partial charge in [-0.05, 0) is 18.4 Å². The van der Waals surface area contributed by atoms with E-state index in [0.717, 1.165) is 12.0 Å². The van der Waals surface area contributed by atoms with E-state index in [1.54, 1.807) is 6.92 Å². The van der Waals surface area contributed by atoms with Gasteiger partial charge in [-0.1, -0.05) is 50.6 Å². The van der Waals surface area contributed by atoms with E-state index in [1.807, 2.05) is 44.2 Å². The Morgan fingerprint density at radius 3 is 2.53 bits per heavy atom. The minimum atomic E-state index is -1.09. The second kappa shape index (κ2) is 6.68. The van der Waals surface area contributed by atoms with Crippen molar-refractivity contribution in [3.8, 4) is 0 Å². The molecule has 4 N–H and O–H groups in total. The molecule has 4 nitrogen and oxygen atoms in total. The lowest BCUT2D eigenvalue weighted by Crippen LogP contribution is -2.51. The monoisotopic (exact) mass is 264 g/mol. The van der Waals surface area contributed by atoms with E-state index in [4.69, 9.17) is 5.73 Å². The highest BCUT2D eigenvalue weighted by atomic mass is 16.3. The molecule has 19 heavy (non-hydrogen) atoms. The highest BCUT2D eigenvalue weighted by molar-refractivity contribution is 5.86. The lowest BCUT2D eigenvalue weighted by atomic mass is 9.92. The van der Waals surface area contributed by atoms with Crippen LogP contribution in [0, 0.1) is 5.92 Å². The van der Waals surface area contributed by atoms with E-state index >= 15 is 0 Å². The molecule has 0 aromatic heterocycles. The Kier molecular flexibility index (Phi) is 5.51. The molecule has 1 rings (SSSR count). The van der Waals surface area contributed by atoms with Crippen LogP contribution < -0.4 is 11.1 Å². The summed E-state index contributed by atoms with van der Waals surface area (Å²) in [5, 5.41) is 12.6. The Bertz CT molecular complexity index is 404. The summed E-state index contributed by atoms with van der Waals surface area (Å²) in [6, 6.07) is 9.23. The molecule has 0 radical (unpaired) electrons. The summed E-state index contributed by atoms with van der Waals surface area (Å²) >= 11 is 0. The summed E-state index contributed by atoms with van der Waals surface area (Å²) in [5.41, 5.74) is 5.75. The molecule has 0 fully saturated rings. The van der Waals surface area contributed by atoms with E-state index in [9.17, 15) is 9.90 Å². The fourth-order valence-corrected chi connectivity index (χ4v) is 1.77. The number of carbonyl (C=O) groups is 1. The molecule has 0 saturated heterocycles. The Hall–Kier alpha value is -1.39. The van der Waals surface area contributed by atoms with Crippen molar-refractivity contribution in [1.29, 1.82) is 0 Å². The van der Waals surface area contributed by atoms with Crippen LogP contribution in [0.4, 0.5) is 0 Å². The van der Waals surface area contributed by atoms with Crippen molar-refractivity contribution in [2.24, 2.45) is 11.7 Å². The molecule has 0 saturated carbocycles. The molecule has 1 aromatic rings. The topological polar surface area (TPSA) is 75.3 Å². The van der Waals surface area contributed by atoms with Crippen molar-refractivity contribution in [3.63, 3.8) is 0 Å². The predicted molar refractivity (Wildman–Crippen MR) is 76.5 cm³/mol. The second-order valence-corrected chi connectivity index (χ2v) is 5.23. The number of rotatable bonds is 6. The molecular formula is C15H24N2O2. The lowest BCUT2D eigenvalue weighted by molar-refractivity contribution is -0.126. The fourth-order valence-electron chi connectivity index (χ4n) is 1.77. The number of amides is 1. The van der Waals surface area contributed by atoms with Crippen LogP contribution in [0.2, 0.25) is 0 Å². The first-order chi connectivity index (χ1) is 8.89. The van der Waals surface area contributed by atoms with Gasteiger partial charge in [0.25, 0.3) is 0 Å². The van der Waals surface area contributed by atoms with Gasteiger partial charge in [0.1, 0.15) is 5.54 Å². The van der Waals surface area contributed by atoms with Crippen molar-refractivity contribution in [3.05, 3.63) is 35.9 Å². The second-order valence-electron chi connectivity index (χ2n) is 5.23. The SMILES string of the molecule is CCC(C)C(O)CNC(=O)C(C)(N)c1ccccc1. The number of nitrogens with one attached hydrogen (secondary N) is 1. The third-order valence-corrected chi connectivity index (χ3v) is 3.62. The van der Waals surface area contributed by atoms with Crippen LogP contribution in [0.5, 0.6) is 0 Å². The molecule has 3 atom stereocenters. The number of carbonyl (C=O) groups excluding carboxylic acids is 1. The van der Waals surface area contributed by atoms with Crippen LogP contribution in [-0.2, 0) is 10.3 Å². The number of benzene rings is 1. The molecule has 0 aliphatic heterocycles. The van der Waals surface area contributed by atoms with E-state index in [1.165, 1.54) is 0 Å². The molecule has 4 heteroatoms. The Balaban J connectivity index is 2.63. The maximum absolute atomic E-state index is 12.1. The number of aliphatic hydroxyl groups excluding tert-OH is 1. The van der Waals surface area contributed by atoms with E-state index in [0.29, 0.717) is 0 Å². The first-order valence-corrected chi connectivity index (χ1v) is 6.70. The zero-order chi connectivity index (χ0) is 14.5. The van der Waals surface area contributed by atoms with Crippen molar-refractivity contribution < 1.29 is 9.90 Å². The van der Waals surface area contributed by atoms with Crippen LogP contribution in [0.25, 0.3) is 0 Å². The van der Waals surface area contributed by atoms with Crippen LogP contribution >= 0.6 is 0 Å². The zero-order valence-electron chi connectivity index (χ0n) is 11.9. The summed E-state index contributed by atoms with van der Waals surface area (Å²) in [4.78, 5) is 12.1. The van der Waals surface area contributed by atoms with Crippen LogP contribution in [0.15, 0.2) is 30.3 Å². The first-order valence-electron chi connectivity index (χ1n) is 6.70. The predicted octanol–water partition coefficient (Wildman–Crippen LogP) is 1.38. The standard InChI is InChI=1S/C15H24N2O2/c1-4-11(2)13(18)10-17-14(19)15(3,16)12-8-6-5-7-9-12/h5-9,11,13,18H,4,10,16H2,1-3H3,(H,17,19). The highest BCUT2D eigenvalue weighted by Gasteiger charge is 2.30. The quantitative estimate of drug-likeness (QED) is 0.726. The number of hydrogen-bond donors (Lipinski definition) is 3. The Morgan fingerprint density at radius 2 is 2.00 bits per heavy atom. The van der Waals surface area contributed by atoms with E-state index < -0.39 is 11.6 Å². The van der Waals surface area contributed by atoms with Crippen LogP contribution in [-0.4, -0.2) is 23.7 Å². The van der Waals surface area contributed by atoms with Crippen molar-refractivity contribution in [2.75, 3.05) is 6.54 Å². The van der Waals surface area contributed by atoms with E-state index in [-0.39, 0.29) is 18.4 Å². The molecule has 0 heterocycles. The van der Waals surface area contributed by atoms with Gasteiger partial charge >= 0.3 is 0 Å². The smallest absolute Gasteiger partial charge is 0.244 e. The van der Waals surface area contributed by atoms with Gasteiger partial charge in [0.15, 0.2) is 0 Å². The third-order valence-electron chi connectivity index (χ3n) is 3.62. The molecule has 0 aliphatic carbocycles.